The van der Waals surface area contributed by atoms with Crippen molar-refractivity contribution in [3.8, 4) is 11.5 Å². The summed E-state index contributed by atoms with van der Waals surface area (Å²) in [6.07, 6.45) is 0. The summed E-state index contributed by atoms with van der Waals surface area (Å²) in [7, 11) is 1.55. The van der Waals surface area contributed by atoms with Crippen LogP contribution in [0.3, 0.4) is 0 Å². The molecule has 88 valence electrons. The molecule has 0 atom stereocenters. The van der Waals surface area contributed by atoms with E-state index in [4.69, 9.17) is 15.2 Å². The van der Waals surface area contributed by atoms with E-state index >= 15 is 0 Å². The summed E-state index contributed by atoms with van der Waals surface area (Å²) in [4.78, 5) is 11.6. The maximum absolute atomic E-state index is 11.6. The number of carbonyl (C=O) groups excluding carboxylic acids is 1. The molecule has 7 heteroatoms. The molecule has 2 rings (SSSR count). The Morgan fingerprint density at radius 3 is 2.41 bits per heavy atom. The standard InChI is InChI=1S/C10H10N4O3/c1-16-6-2-4-7(5-3-6)17-10(15)8-9(11)13-14-12-8/h2-5H,1H3,(H3,11,12,13,14). The first-order chi connectivity index (χ1) is 8.20. The third-order valence-electron chi connectivity index (χ3n) is 2.04. The SMILES string of the molecule is COc1ccc(OC(=O)c2n[nH]nc2N)cc1. The molecule has 0 radical (unpaired) electrons. The van der Waals surface area contributed by atoms with Gasteiger partial charge in [-0.05, 0) is 24.3 Å². The molecule has 3 N–H and O–H groups in total. The van der Waals surface area contributed by atoms with Crippen molar-refractivity contribution in [1.82, 2.24) is 15.4 Å². The van der Waals surface area contributed by atoms with Gasteiger partial charge in [0.2, 0.25) is 5.69 Å². The number of nitrogens with two attached hydrogens (primary N) is 1. The van der Waals surface area contributed by atoms with Crippen LogP contribution in [0.4, 0.5) is 5.82 Å². The third kappa shape index (κ3) is 2.33. The fourth-order valence-corrected chi connectivity index (χ4v) is 1.19. The Bertz CT molecular complexity index is 521. The minimum Gasteiger partial charge on any atom is -0.497 e. The molecule has 1 heterocycles. The molecule has 0 fully saturated rings. The van der Waals surface area contributed by atoms with Gasteiger partial charge < -0.3 is 15.2 Å². The maximum Gasteiger partial charge on any atom is 0.368 e. The van der Waals surface area contributed by atoms with Crippen LogP contribution in [0, 0.1) is 0 Å². The predicted octanol–water partition coefficient (Wildman–Crippen LogP) is 0.615. The van der Waals surface area contributed by atoms with E-state index < -0.39 is 5.97 Å². The average molecular weight is 234 g/mol. The summed E-state index contributed by atoms with van der Waals surface area (Å²) in [6.45, 7) is 0. The minimum atomic E-state index is -0.665. The quantitative estimate of drug-likeness (QED) is 0.595. The van der Waals surface area contributed by atoms with Gasteiger partial charge in [-0.3, -0.25) is 0 Å². The summed E-state index contributed by atoms with van der Waals surface area (Å²) in [6, 6.07) is 6.56. The number of nitrogens with one attached hydrogen (secondary N) is 1. The van der Waals surface area contributed by atoms with Crippen LogP contribution in [-0.4, -0.2) is 28.5 Å². The molecule has 17 heavy (non-hydrogen) atoms. The molecule has 0 unspecified atom stereocenters. The van der Waals surface area contributed by atoms with E-state index in [1.165, 1.54) is 0 Å². The molecule has 2 aromatic rings. The predicted molar refractivity (Wildman–Crippen MR) is 58.7 cm³/mol. The van der Waals surface area contributed by atoms with Gasteiger partial charge in [0.15, 0.2) is 5.82 Å². The topological polar surface area (TPSA) is 103 Å². The van der Waals surface area contributed by atoms with Crippen LogP contribution in [0.5, 0.6) is 11.5 Å². The van der Waals surface area contributed by atoms with Gasteiger partial charge in [0.05, 0.1) is 7.11 Å². The number of nitrogens with zero attached hydrogens (tertiary/aromatic N) is 2. The molecule has 1 aromatic heterocycles. The minimum absolute atomic E-state index is 0.00325. The Kier molecular flexibility index (Phi) is 2.91. The zero-order valence-electron chi connectivity index (χ0n) is 9.01. The van der Waals surface area contributed by atoms with Gasteiger partial charge in [-0.1, -0.05) is 0 Å². The van der Waals surface area contributed by atoms with Crippen LogP contribution in [0.2, 0.25) is 0 Å². The molecule has 0 spiro atoms. The molecule has 0 saturated carbocycles. The lowest BCUT2D eigenvalue weighted by Gasteiger charge is -2.03. The van der Waals surface area contributed by atoms with Crippen molar-refractivity contribution in [2.24, 2.45) is 0 Å². The van der Waals surface area contributed by atoms with Gasteiger partial charge in [0.25, 0.3) is 0 Å². The second-order valence-corrected chi connectivity index (χ2v) is 3.12. The average Bonchev–Trinajstić information content (AvgIpc) is 2.76. The number of benzene rings is 1. The Hall–Kier alpha value is -2.57. The number of H-pyrrole nitrogens is 1. The van der Waals surface area contributed by atoms with Crippen LogP contribution >= 0.6 is 0 Å². The van der Waals surface area contributed by atoms with Crippen LogP contribution in [0.15, 0.2) is 24.3 Å². The summed E-state index contributed by atoms with van der Waals surface area (Å²) in [5.41, 5.74) is 5.37. The zero-order chi connectivity index (χ0) is 12.3. The zero-order valence-corrected chi connectivity index (χ0v) is 9.01. The number of anilines is 1. The summed E-state index contributed by atoms with van der Waals surface area (Å²) < 4.78 is 10.0. The van der Waals surface area contributed by atoms with Crippen molar-refractivity contribution in [3.63, 3.8) is 0 Å². The normalized spacial score (nSPS) is 9.94. The maximum atomic E-state index is 11.6. The Morgan fingerprint density at radius 2 is 1.88 bits per heavy atom. The lowest BCUT2D eigenvalue weighted by Crippen LogP contribution is -2.11. The molecule has 7 nitrogen and oxygen atoms in total. The van der Waals surface area contributed by atoms with Crippen molar-refractivity contribution < 1.29 is 14.3 Å². The Balaban J connectivity index is 2.10. The second kappa shape index (κ2) is 4.52. The van der Waals surface area contributed by atoms with E-state index in [0.717, 1.165) is 0 Å². The molecule has 1 aromatic carbocycles. The molecular formula is C10H10N4O3. The van der Waals surface area contributed by atoms with Crippen LogP contribution in [-0.2, 0) is 0 Å². The molecule has 0 aliphatic heterocycles. The van der Waals surface area contributed by atoms with Crippen molar-refractivity contribution in [1.29, 1.82) is 0 Å². The number of aromatic amines is 1. The van der Waals surface area contributed by atoms with Crippen LogP contribution in [0.1, 0.15) is 10.5 Å². The van der Waals surface area contributed by atoms with Gasteiger partial charge in [-0.15, -0.1) is 10.2 Å². The first-order valence-corrected chi connectivity index (χ1v) is 4.73. The lowest BCUT2D eigenvalue weighted by molar-refractivity contribution is 0.0729. The molecule has 0 aliphatic carbocycles. The smallest absolute Gasteiger partial charge is 0.368 e. The van der Waals surface area contributed by atoms with E-state index in [9.17, 15) is 4.79 Å². The molecular weight excluding hydrogens is 224 g/mol. The molecule has 0 bridgehead atoms. The number of ether oxygens (including phenoxy) is 2. The van der Waals surface area contributed by atoms with E-state index in [1.54, 1.807) is 31.4 Å². The van der Waals surface area contributed by atoms with Crippen LogP contribution in [0.25, 0.3) is 0 Å². The summed E-state index contributed by atoms with van der Waals surface area (Å²) in [5, 5.41) is 9.35. The molecule has 0 saturated heterocycles. The number of methoxy groups -OCH3 is 1. The van der Waals surface area contributed by atoms with Gasteiger partial charge in [-0.2, -0.15) is 5.21 Å². The van der Waals surface area contributed by atoms with E-state index in [1.807, 2.05) is 0 Å². The Labute approximate surface area is 96.5 Å². The Morgan fingerprint density at radius 1 is 1.24 bits per heavy atom. The second-order valence-electron chi connectivity index (χ2n) is 3.12. The first kappa shape index (κ1) is 10.9. The largest absolute Gasteiger partial charge is 0.497 e. The van der Waals surface area contributed by atoms with Gasteiger partial charge in [0.1, 0.15) is 11.5 Å². The molecule has 0 aliphatic rings. The highest BCUT2D eigenvalue weighted by Crippen LogP contribution is 2.18. The van der Waals surface area contributed by atoms with Gasteiger partial charge in [0, 0.05) is 0 Å². The van der Waals surface area contributed by atoms with Crippen LogP contribution < -0.4 is 15.2 Å². The highest BCUT2D eigenvalue weighted by atomic mass is 16.5. The van der Waals surface area contributed by atoms with E-state index in [-0.39, 0.29) is 11.5 Å². The van der Waals surface area contributed by atoms with Crippen molar-refractivity contribution in [2.45, 2.75) is 0 Å². The lowest BCUT2D eigenvalue weighted by atomic mass is 10.3. The highest BCUT2D eigenvalue weighted by molar-refractivity contribution is 5.93. The summed E-state index contributed by atoms with van der Waals surface area (Å²) in [5.74, 6) is 0.383. The number of carbonyl (C=O) groups is 1. The number of hydrogen-bond donors (Lipinski definition) is 2. The third-order valence-corrected chi connectivity index (χ3v) is 2.04. The van der Waals surface area contributed by atoms with Crippen molar-refractivity contribution in [3.05, 3.63) is 30.0 Å². The molecule has 0 amide bonds. The highest BCUT2D eigenvalue weighted by Gasteiger charge is 2.16. The number of aromatic nitrogens is 3. The van der Waals surface area contributed by atoms with Gasteiger partial charge in [-0.25, -0.2) is 4.79 Å². The van der Waals surface area contributed by atoms with Gasteiger partial charge >= 0.3 is 5.97 Å². The van der Waals surface area contributed by atoms with E-state index in [0.29, 0.717) is 11.5 Å². The fraction of sp³-hybridized carbons (Fsp3) is 0.100. The number of hydrogen-bond acceptors (Lipinski definition) is 6. The van der Waals surface area contributed by atoms with Crippen molar-refractivity contribution in [2.75, 3.05) is 12.8 Å². The first-order valence-electron chi connectivity index (χ1n) is 4.73. The summed E-state index contributed by atoms with van der Waals surface area (Å²) >= 11 is 0. The van der Waals surface area contributed by atoms with E-state index in [2.05, 4.69) is 15.4 Å². The van der Waals surface area contributed by atoms with Crippen molar-refractivity contribution >= 4 is 11.8 Å². The fourth-order valence-electron chi connectivity index (χ4n) is 1.19. The number of nitrogen functional groups attached to an aromatic ring is 1. The number of rotatable bonds is 3. The number of esters is 1. The monoisotopic (exact) mass is 234 g/mol.